The molecule has 0 saturated heterocycles. The Balaban J connectivity index is -0.0000000805. The van der Waals surface area contributed by atoms with Gasteiger partial charge >= 0.3 is 37.7 Å². The summed E-state index contributed by atoms with van der Waals surface area (Å²) in [7, 11) is 0. The summed E-state index contributed by atoms with van der Waals surface area (Å²) in [6, 6.07) is 24.5. The molecule has 4 aromatic rings. The second-order valence-electron chi connectivity index (χ2n) is 5.32. The molecule has 0 fully saturated rings. The molecule has 0 atom stereocenters. The molecule has 0 aromatic heterocycles. The van der Waals surface area contributed by atoms with Crippen LogP contribution in [0.5, 0.6) is 11.5 Å². The number of hydrogen-bond acceptors (Lipinski definition) is 1. The van der Waals surface area contributed by atoms with Gasteiger partial charge < -0.3 is 16.2 Å². The maximum atomic E-state index is 7.72. The van der Waals surface area contributed by atoms with Crippen LogP contribution in [0.1, 0.15) is 0 Å². The zero-order valence-electron chi connectivity index (χ0n) is 20.0. The van der Waals surface area contributed by atoms with E-state index in [1.54, 1.807) is 36.4 Å². The summed E-state index contributed by atoms with van der Waals surface area (Å²) in [6.45, 7) is 0. The number of ether oxygens (including phenoxy) is 1. The Labute approximate surface area is 484 Å². The van der Waals surface area contributed by atoms with Gasteiger partial charge in [-0.05, 0) is 0 Å². The molecular weight excluding hydrogens is 1190 g/mol. The Morgan fingerprint density at radius 3 is 1.11 bits per heavy atom. The van der Waals surface area contributed by atoms with E-state index < -0.39 is 0 Å². The summed E-state index contributed by atoms with van der Waals surface area (Å²) in [6.07, 6.45) is 0. The third-order valence-corrected chi connectivity index (χ3v) is 3.75. The molecule has 4 rings (SSSR count). The molecular formula is C20H12Li2N2OY10-2. The van der Waals surface area contributed by atoms with Crippen molar-refractivity contribution >= 4 is 32.9 Å². The van der Waals surface area contributed by atoms with Gasteiger partial charge in [0.25, 0.3) is 0 Å². The normalized spacial score (nSPS) is 7.20. The minimum atomic E-state index is 0. The van der Waals surface area contributed by atoms with Gasteiger partial charge in [-0.3, -0.25) is 0 Å². The molecule has 0 heterocycles. The summed E-state index contributed by atoms with van der Waals surface area (Å²) in [5.41, 5.74) is 16.4. The van der Waals surface area contributed by atoms with Crippen LogP contribution in [-0.2, 0) is 327 Å². The maximum absolute atomic E-state index is 7.72. The van der Waals surface area contributed by atoms with Crippen molar-refractivity contribution in [2.24, 2.45) is 0 Å². The van der Waals surface area contributed by atoms with Crippen molar-refractivity contribution in [3.05, 3.63) is 84.3 Å². The smallest absolute Gasteiger partial charge is 0.699 e. The van der Waals surface area contributed by atoms with E-state index in [4.69, 9.17) is 16.2 Å². The average molecular weight is 1200 g/mol. The van der Waals surface area contributed by atoms with Gasteiger partial charge in [0.05, 0.1) is 0 Å². The van der Waals surface area contributed by atoms with Gasteiger partial charge in [-0.2, -0.15) is 24.3 Å². The molecule has 0 aliphatic carbocycles. The van der Waals surface area contributed by atoms with E-state index in [1.165, 1.54) is 0 Å². The topological polar surface area (TPSA) is 56.8 Å². The van der Waals surface area contributed by atoms with Gasteiger partial charge in [-0.15, -0.1) is 46.4 Å². The third-order valence-electron chi connectivity index (χ3n) is 3.75. The number of benzene rings is 4. The van der Waals surface area contributed by atoms with Gasteiger partial charge in [-0.1, -0.05) is 35.0 Å². The zero-order chi connectivity index (χ0) is 15.8. The van der Waals surface area contributed by atoms with Crippen molar-refractivity contribution in [1.82, 2.24) is 0 Å². The van der Waals surface area contributed by atoms with E-state index >= 15 is 0 Å². The van der Waals surface area contributed by atoms with Gasteiger partial charge in [0.2, 0.25) is 0 Å². The van der Waals surface area contributed by atoms with Crippen LogP contribution in [0.15, 0.2) is 60.7 Å². The van der Waals surface area contributed by atoms with E-state index in [9.17, 15) is 0 Å². The van der Waals surface area contributed by atoms with Crippen molar-refractivity contribution in [3.8, 4) is 11.5 Å². The monoisotopic (exact) mass is 1200 g/mol. The quantitative estimate of drug-likeness (QED) is 0.216. The van der Waals surface area contributed by atoms with Crippen LogP contribution in [0, 0.1) is 12.1 Å². The van der Waals surface area contributed by atoms with Crippen molar-refractivity contribution in [3.63, 3.8) is 0 Å². The maximum Gasteiger partial charge on any atom is 1.00 e. The van der Waals surface area contributed by atoms with E-state index in [2.05, 4.69) is 12.1 Å². The second-order valence-corrected chi connectivity index (χ2v) is 5.32. The largest absolute Gasteiger partial charge is 1.00 e. The van der Waals surface area contributed by atoms with Crippen molar-refractivity contribution in [2.45, 2.75) is 0 Å². The summed E-state index contributed by atoms with van der Waals surface area (Å²) < 4.78 is 6.05. The molecule has 10 radical (unpaired) electrons. The van der Waals surface area contributed by atoms with Gasteiger partial charge in [-0.25, -0.2) is 0 Å². The Hall–Kier alpha value is 9.03. The Bertz CT molecular complexity index is 981. The van der Waals surface area contributed by atoms with Crippen molar-refractivity contribution in [2.75, 3.05) is 0 Å². The van der Waals surface area contributed by atoms with Crippen LogP contribution in [0.25, 0.3) is 33.0 Å². The van der Waals surface area contributed by atoms with Crippen LogP contribution in [0.3, 0.4) is 0 Å². The summed E-state index contributed by atoms with van der Waals surface area (Å²) >= 11 is 0. The summed E-state index contributed by atoms with van der Waals surface area (Å²) in [5.74, 6) is 1.22. The molecule has 142 valence electrons. The minimum Gasteiger partial charge on any atom is -0.699 e. The summed E-state index contributed by atoms with van der Waals surface area (Å²) in [4.78, 5) is 0. The Morgan fingerprint density at radius 2 is 0.800 bits per heavy atom. The molecule has 0 aliphatic rings. The van der Waals surface area contributed by atoms with E-state index in [0.717, 1.165) is 21.5 Å². The van der Waals surface area contributed by atoms with E-state index in [-0.39, 0.29) is 365 Å². The number of hydrogen-bond donors (Lipinski definition) is 0. The molecule has 0 bridgehead atoms. The predicted octanol–water partition coefficient (Wildman–Crippen LogP) is 0.736. The minimum absolute atomic E-state index is 0. The first kappa shape index (κ1) is 66.4. The molecule has 0 amide bonds. The molecule has 3 nitrogen and oxygen atoms in total. The van der Waals surface area contributed by atoms with Gasteiger partial charge in [0.15, 0.2) is 0 Å². The zero-order valence-corrected chi connectivity index (χ0v) is 48.3. The van der Waals surface area contributed by atoms with E-state index in [0.29, 0.717) is 22.9 Å². The fourth-order valence-electron chi connectivity index (χ4n) is 2.66. The molecule has 0 unspecified atom stereocenters. The summed E-state index contributed by atoms with van der Waals surface area (Å²) in [5, 5.41) is 3.71. The number of fused-ring (bicyclic) bond motifs is 2. The standard InChI is InChI=1S/C20H12N2O.2Li.10Y/c21-15-7-9-17-13(11-15)3-1-5-19(17)23-20-6-2-4-14-12-16(22)8-10-18(14)20;;;;;;;;;;;;/h1-4,7-12,21-22H;;;;;;;;;;;;/q-4;2*+1;;;;;;;;;;. The van der Waals surface area contributed by atoms with Crippen LogP contribution >= 0.6 is 0 Å². The first-order valence-electron chi connectivity index (χ1n) is 7.21. The van der Waals surface area contributed by atoms with Gasteiger partial charge in [0.1, 0.15) is 0 Å². The fraction of sp³-hybridized carbons (Fsp3) is 0. The molecule has 2 N–H and O–H groups in total. The second kappa shape index (κ2) is 35.9. The number of nitrogens with one attached hydrogen (secondary N) is 2. The van der Waals surface area contributed by atoms with E-state index in [1.807, 2.05) is 24.3 Å². The first-order chi connectivity index (χ1) is 11.2. The fourth-order valence-corrected chi connectivity index (χ4v) is 2.66. The molecule has 0 spiro atoms. The first-order valence-corrected chi connectivity index (χ1v) is 7.21. The Kier molecular flexibility index (Phi) is 68.1. The molecule has 0 saturated carbocycles. The molecule has 0 aliphatic heterocycles. The SMILES string of the molecule is [Li+].[Li+].[NH-]c1ccc2c(Oc3[c-]ccc4cc([NH-])ccc34)[c-]ccc2c1.[Y].[Y].[Y].[Y].[Y].[Y].[Y].[Y].[Y].[Y]. The molecule has 35 heavy (non-hydrogen) atoms. The van der Waals surface area contributed by atoms with Crippen LogP contribution in [-0.4, -0.2) is 0 Å². The van der Waals surface area contributed by atoms with Crippen LogP contribution in [0.4, 0.5) is 11.4 Å². The van der Waals surface area contributed by atoms with Crippen LogP contribution < -0.4 is 42.5 Å². The third kappa shape index (κ3) is 20.8. The van der Waals surface area contributed by atoms with Crippen LogP contribution in [0.2, 0.25) is 0 Å². The van der Waals surface area contributed by atoms with Gasteiger partial charge in [0, 0.05) is 339 Å². The van der Waals surface area contributed by atoms with Crippen molar-refractivity contribution in [1.29, 1.82) is 0 Å². The molecule has 4 aromatic carbocycles. The average Bonchev–Trinajstić information content (AvgIpc) is 2.54. The predicted molar refractivity (Wildman–Crippen MR) is 93.6 cm³/mol. The molecule has 15 heteroatoms. The van der Waals surface area contributed by atoms with Crippen molar-refractivity contribution < 1.29 is 370 Å². The number of rotatable bonds is 2. The Morgan fingerprint density at radius 1 is 0.486 bits per heavy atom.